The van der Waals surface area contributed by atoms with E-state index >= 15 is 0 Å². The van der Waals surface area contributed by atoms with Gasteiger partial charge in [-0.15, -0.1) is 0 Å². The molecule has 70 valence electrons. The van der Waals surface area contributed by atoms with Crippen molar-refractivity contribution in [3.63, 3.8) is 0 Å². The molecule has 0 aliphatic rings. The summed E-state index contributed by atoms with van der Waals surface area (Å²) in [7, 11) is 1.65. The van der Waals surface area contributed by atoms with E-state index in [1.165, 1.54) is 0 Å². The topological polar surface area (TPSA) is 50.4 Å². The zero-order chi connectivity index (χ0) is 9.84. The van der Waals surface area contributed by atoms with Gasteiger partial charge >= 0.3 is 0 Å². The van der Waals surface area contributed by atoms with Crippen LogP contribution in [-0.4, -0.2) is 13.0 Å². The Labute approximate surface area is 86.2 Å². The lowest BCUT2D eigenvalue weighted by molar-refractivity contribution is 1.36. The van der Waals surface area contributed by atoms with E-state index in [-0.39, 0.29) is 0 Å². The average molecular weight is 242 g/mol. The van der Waals surface area contributed by atoms with Gasteiger partial charge in [0.2, 0.25) is 0 Å². The first-order valence-corrected chi connectivity index (χ1v) is 4.68. The molecule has 0 bridgehead atoms. The molecule has 0 unspecified atom stereocenters. The molecule has 13 heavy (non-hydrogen) atoms. The molecule has 0 fully saturated rings. The van der Waals surface area contributed by atoms with Crippen molar-refractivity contribution in [3.05, 3.63) is 28.2 Å². The molecule has 0 amide bonds. The van der Waals surface area contributed by atoms with E-state index in [2.05, 4.69) is 26.2 Å². The third kappa shape index (κ3) is 2.73. The predicted octanol–water partition coefficient (Wildman–Crippen LogP) is 2.11. The second-order valence-corrected chi connectivity index (χ2v) is 3.61. The highest BCUT2D eigenvalue weighted by atomic mass is 79.9. The Balaban J connectivity index is 2.94. The van der Waals surface area contributed by atoms with Gasteiger partial charge in [-0.3, -0.25) is 4.99 Å². The van der Waals surface area contributed by atoms with Crippen molar-refractivity contribution in [2.45, 2.75) is 6.92 Å². The molecular weight excluding hydrogens is 230 g/mol. The molecular formula is C9H12BrN3. The van der Waals surface area contributed by atoms with Crippen LogP contribution in [0.4, 0.5) is 5.69 Å². The van der Waals surface area contributed by atoms with Crippen molar-refractivity contribution < 1.29 is 0 Å². The molecule has 0 aromatic heterocycles. The number of anilines is 1. The van der Waals surface area contributed by atoms with Crippen LogP contribution in [0.25, 0.3) is 0 Å². The van der Waals surface area contributed by atoms with Crippen LogP contribution in [0.2, 0.25) is 0 Å². The van der Waals surface area contributed by atoms with Crippen molar-refractivity contribution >= 4 is 27.6 Å². The van der Waals surface area contributed by atoms with E-state index < -0.39 is 0 Å². The fraction of sp³-hybridized carbons (Fsp3) is 0.222. The van der Waals surface area contributed by atoms with Crippen molar-refractivity contribution in [2.24, 2.45) is 10.7 Å². The largest absolute Gasteiger partial charge is 0.370 e. The maximum absolute atomic E-state index is 5.55. The van der Waals surface area contributed by atoms with Gasteiger partial charge in [0.05, 0.1) is 0 Å². The Hall–Kier alpha value is -1.03. The van der Waals surface area contributed by atoms with Crippen LogP contribution in [0.15, 0.2) is 27.7 Å². The van der Waals surface area contributed by atoms with Gasteiger partial charge in [0.15, 0.2) is 5.96 Å². The molecule has 0 radical (unpaired) electrons. The van der Waals surface area contributed by atoms with Crippen LogP contribution >= 0.6 is 15.9 Å². The minimum Gasteiger partial charge on any atom is -0.370 e. The Kier molecular flexibility index (Phi) is 3.31. The number of nitrogens with zero attached hydrogens (tertiary/aromatic N) is 1. The summed E-state index contributed by atoms with van der Waals surface area (Å²) >= 11 is 3.39. The van der Waals surface area contributed by atoms with Gasteiger partial charge in [0.1, 0.15) is 0 Å². The highest BCUT2D eigenvalue weighted by Gasteiger charge is 1.99. The summed E-state index contributed by atoms with van der Waals surface area (Å²) in [6, 6.07) is 5.96. The number of aliphatic imine (C=N–C) groups is 1. The monoisotopic (exact) mass is 241 g/mol. The molecule has 0 aliphatic heterocycles. The van der Waals surface area contributed by atoms with Crippen LogP contribution in [-0.2, 0) is 0 Å². The smallest absolute Gasteiger partial charge is 0.192 e. The fourth-order valence-electron chi connectivity index (χ4n) is 0.923. The first-order chi connectivity index (χ1) is 6.13. The van der Waals surface area contributed by atoms with E-state index in [1.54, 1.807) is 7.05 Å². The number of guanidine groups is 1. The summed E-state index contributed by atoms with van der Waals surface area (Å²) in [6.45, 7) is 2.01. The van der Waals surface area contributed by atoms with Crippen molar-refractivity contribution in [3.8, 4) is 0 Å². The van der Waals surface area contributed by atoms with Gasteiger partial charge in [-0.2, -0.15) is 0 Å². The van der Waals surface area contributed by atoms with Gasteiger partial charge in [-0.25, -0.2) is 0 Å². The molecule has 0 heterocycles. The molecule has 0 saturated carbocycles. The van der Waals surface area contributed by atoms with Crippen molar-refractivity contribution in [2.75, 3.05) is 12.4 Å². The lowest BCUT2D eigenvalue weighted by Gasteiger charge is -2.08. The highest BCUT2D eigenvalue weighted by Crippen LogP contribution is 2.20. The summed E-state index contributed by atoms with van der Waals surface area (Å²) in [5, 5.41) is 3.00. The number of halogens is 1. The number of rotatable bonds is 1. The standard InChI is InChI=1S/C9H12BrN3/c1-6-3-4-7(10)5-8(6)13-9(11)12-2/h3-5H,1-2H3,(H3,11,12,13). The van der Waals surface area contributed by atoms with Gasteiger partial charge < -0.3 is 11.1 Å². The van der Waals surface area contributed by atoms with Crippen LogP contribution in [0.3, 0.4) is 0 Å². The van der Waals surface area contributed by atoms with Crippen molar-refractivity contribution in [1.29, 1.82) is 0 Å². The molecule has 1 aromatic carbocycles. The Morgan fingerprint density at radius 1 is 1.54 bits per heavy atom. The minimum absolute atomic E-state index is 0.418. The zero-order valence-corrected chi connectivity index (χ0v) is 9.22. The molecule has 1 rings (SSSR count). The number of nitrogens with two attached hydrogens (primary N) is 1. The molecule has 4 heteroatoms. The van der Waals surface area contributed by atoms with E-state index in [1.807, 2.05) is 25.1 Å². The summed E-state index contributed by atoms with van der Waals surface area (Å²) in [4.78, 5) is 3.82. The lowest BCUT2D eigenvalue weighted by atomic mass is 10.2. The second-order valence-electron chi connectivity index (χ2n) is 2.69. The molecule has 1 aromatic rings. The minimum atomic E-state index is 0.418. The predicted molar refractivity (Wildman–Crippen MR) is 60.0 cm³/mol. The van der Waals surface area contributed by atoms with E-state index in [0.29, 0.717) is 5.96 Å². The number of benzene rings is 1. The quantitative estimate of drug-likeness (QED) is 0.585. The summed E-state index contributed by atoms with van der Waals surface area (Å²) in [6.07, 6.45) is 0. The molecule has 0 saturated heterocycles. The maximum atomic E-state index is 5.55. The Morgan fingerprint density at radius 2 is 2.23 bits per heavy atom. The van der Waals surface area contributed by atoms with Gasteiger partial charge in [0, 0.05) is 17.2 Å². The Morgan fingerprint density at radius 3 is 2.85 bits per heavy atom. The molecule has 3 N–H and O–H groups in total. The molecule has 0 atom stereocenters. The number of nitrogens with one attached hydrogen (secondary N) is 1. The Bertz CT molecular complexity index is 334. The summed E-state index contributed by atoms with van der Waals surface area (Å²) in [5.41, 5.74) is 7.65. The highest BCUT2D eigenvalue weighted by molar-refractivity contribution is 9.10. The van der Waals surface area contributed by atoms with Gasteiger partial charge in [0.25, 0.3) is 0 Å². The van der Waals surface area contributed by atoms with E-state index in [9.17, 15) is 0 Å². The second kappa shape index (κ2) is 4.28. The zero-order valence-electron chi connectivity index (χ0n) is 7.63. The third-order valence-corrected chi connectivity index (χ3v) is 2.20. The molecule has 0 aliphatic carbocycles. The number of aryl methyl sites for hydroxylation is 1. The van der Waals surface area contributed by atoms with Gasteiger partial charge in [-0.1, -0.05) is 22.0 Å². The van der Waals surface area contributed by atoms with E-state index in [4.69, 9.17) is 5.73 Å². The van der Waals surface area contributed by atoms with Crippen LogP contribution in [0.5, 0.6) is 0 Å². The summed E-state index contributed by atoms with van der Waals surface area (Å²) < 4.78 is 1.02. The molecule has 0 spiro atoms. The number of hydrogen-bond donors (Lipinski definition) is 2. The normalized spacial score (nSPS) is 11.5. The van der Waals surface area contributed by atoms with Crippen LogP contribution in [0.1, 0.15) is 5.56 Å². The average Bonchev–Trinajstić information content (AvgIpc) is 2.11. The van der Waals surface area contributed by atoms with Crippen LogP contribution < -0.4 is 11.1 Å². The van der Waals surface area contributed by atoms with Crippen molar-refractivity contribution in [1.82, 2.24) is 0 Å². The maximum Gasteiger partial charge on any atom is 0.192 e. The SMILES string of the molecule is CN=C(N)Nc1cc(Br)ccc1C. The lowest BCUT2D eigenvalue weighted by Crippen LogP contribution is -2.22. The first kappa shape index (κ1) is 10.1. The van der Waals surface area contributed by atoms with Crippen LogP contribution in [0, 0.1) is 6.92 Å². The van der Waals surface area contributed by atoms with E-state index in [0.717, 1.165) is 15.7 Å². The third-order valence-electron chi connectivity index (χ3n) is 1.70. The van der Waals surface area contributed by atoms with Gasteiger partial charge in [-0.05, 0) is 24.6 Å². The first-order valence-electron chi connectivity index (χ1n) is 3.89. The fourth-order valence-corrected chi connectivity index (χ4v) is 1.28. The molecule has 3 nitrogen and oxygen atoms in total. The number of hydrogen-bond acceptors (Lipinski definition) is 1. The summed E-state index contributed by atoms with van der Waals surface area (Å²) in [5.74, 6) is 0.418.